The molecule has 9 heteroatoms. The Morgan fingerprint density at radius 2 is 2.05 bits per heavy atom. The van der Waals surface area contributed by atoms with Crippen LogP contribution in [0.3, 0.4) is 0 Å². The average molecular weight is 322 g/mol. The van der Waals surface area contributed by atoms with Gasteiger partial charge in [-0.1, -0.05) is 18.7 Å². The van der Waals surface area contributed by atoms with Gasteiger partial charge >= 0.3 is 15.6 Å². The molecule has 2 N–H and O–H groups in total. The van der Waals surface area contributed by atoms with Crippen molar-refractivity contribution in [3.8, 4) is 5.88 Å². The standard InChI is InChI=1S/C12H13F3N2O3S/c1-4-5-7(2)9-6-10(16)11(17-8(9)3)20-21(18,19)12(13,14)15/h4-6H,1,16H2,2-3H3/b7-5+. The molecule has 0 radical (unpaired) electrons. The molecule has 1 aromatic rings. The lowest BCUT2D eigenvalue weighted by molar-refractivity contribution is -0.0501. The summed E-state index contributed by atoms with van der Waals surface area (Å²) in [6.45, 7) is 6.72. The summed E-state index contributed by atoms with van der Waals surface area (Å²) in [7, 11) is -5.81. The number of nitrogen functional groups attached to an aromatic ring is 1. The number of anilines is 1. The van der Waals surface area contributed by atoms with Crippen LogP contribution >= 0.6 is 0 Å². The van der Waals surface area contributed by atoms with Gasteiger partial charge in [0.2, 0.25) is 0 Å². The van der Waals surface area contributed by atoms with Crippen LogP contribution in [0.25, 0.3) is 5.57 Å². The molecule has 0 bridgehead atoms. The van der Waals surface area contributed by atoms with E-state index in [-0.39, 0.29) is 11.4 Å². The summed E-state index contributed by atoms with van der Waals surface area (Å²) in [6, 6.07) is 1.29. The Balaban J connectivity index is 3.29. The second kappa shape index (κ2) is 5.76. The Labute approximate surface area is 120 Å². The van der Waals surface area contributed by atoms with E-state index in [0.717, 1.165) is 0 Å². The minimum absolute atomic E-state index is 0.271. The third-order valence-corrected chi connectivity index (χ3v) is 3.41. The van der Waals surface area contributed by atoms with Gasteiger partial charge in [-0.2, -0.15) is 21.6 Å². The van der Waals surface area contributed by atoms with E-state index >= 15 is 0 Å². The van der Waals surface area contributed by atoms with E-state index in [4.69, 9.17) is 5.73 Å². The molecule has 1 rings (SSSR count). The quantitative estimate of drug-likeness (QED) is 0.523. The molecule has 0 atom stereocenters. The van der Waals surface area contributed by atoms with Gasteiger partial charge in [-0.3, -0.25) is 0 Å². The van der Waals surface area contributed by atoms with Crippen LogP contribution < -0.4 is 9.92 Å². The van der Waals surface area contributed by atoms with Crippen LogP contribution in [0.4, 0.5) is 18.9 Å². The fourth-order valence-corrected chi connectivity index (χ4v) is 1.92. The van der Waals surface area contributed by atoms with Crippen molar-refractivity contribution in [2.75, 3.05) is 5.73 Å². The van der Waals surface area contributed by atoms with Crippen LogP contribution in [0.5, 0.6) is 5.88 Å². The fraction of sp³-hybridized carbons (Fsp3) is 0.250. The minimum atomic E-state index is -5.81. The van der Waals surface area contributed by atoms with Crippen LogP contribution in [-0.4, -0.2) is 18.9 Å². The number of aromatic nitrogens is 1. The molecule has 116 valence electrons. The first-order valence-corrected chi connectivity index (χ1v) is 6.98. The largest absolute Gasteiger partial charge is 0.534 e. The lowest BCUT2D eigenvalue weighted by Crippen LogP contribution is -2.28. The number of rotatable bonds is 4. The van der Waals surface area contributed by atoms with Crippen LogP contribution in [0.2, 0.25) is 0 Å². The highest BCUT2D eigenvalue weighted by molar-refractivity contribution is 7.88. The minimum Gasteiger partial charge on any atom is -0.394 e. The molecule has 0 unspecified atom stereocenters. The van der Waals surface area contributed by atoms with Gasteiger partial charge in [0.25, 0.3) is 5.88 Å². The Morgan fingerprint density at radius 1 is 1.48 bits per heavy atom. The van der Waals surface area contributed by atoms with Crippen molar-refractivity contribution in [1.82, 2.24) is 4.98 Å². The van der Waals surface area contributed by atoms with Crippen molar-refractivity contribution in [3.05, 3.63) is 36.1 Å². The Hall–Kier alpha value is -2.03. The number of halogens is 3. The van der Waals surface area contributed by atoms with Crippen LogP contribution in [0.1, 0.15) is 18.2 Å². The van der Waals surface area contributed by atoms with E-state index in [2.05, 4.69) is 15.7 Å². The zero-order valence-corrected chi connectivity index (χ0v) is 12.0. The maximum atomic E-state index is 12.3. The molecule has 1 aromatic heterocycles. The van der Waals surface area contributed by atoms with E-state index in [0.29, 0.717) is 11.1 Å². The van der Waals surface area contributed by atoms with Gasteiger partial charge in [-0.15, -0.1) is 0 Å². The number of alkyl halides is 3. The normalized spacial score (nSPS) is 13.1. The molecule has 0 aliphatic carbocycles. The van der Waals surface area contributed by atoms with E-state index < -0.39 is 21.5 Å². The first-order chi connectivity index (χ1) is 9.49. The average Bonchev–Trinajstić information content (AvgIpc) is 2.31. The molecular formula is C12H13F3N2O3S. The summed E-state index contributed by atoms with van der Waals surface area (Å²) in [4.78, 5) is 3.67. The predicted molar refractivity (Wildman–Crippen MR) is 72.8 cm³/mol. The van der Waals surface area contributed by atoms with Gasteiger partial charge in [0, 0.05) is 11.3 Å². The summed E-state index contributed by atoms with van der Waals surface area (Å²) < 4.78 is 62.6. The predicted octanol–water partition coefficient (Wildman–Crippen LogP) is 2.79. The van der Waals surface area contributed by atoms with Crippen molar-refractivity contribution >= 4 is 21.4 Å². The van der Waals surface area contributed by atoms with Gasteiger partial charge in [0.05, 0.1) is 5.69 Å². The summed E-state index contributed by atoms with van der Waals surface area (Å²) in [5.41, 5.74) is 1.16. The third-order valence-electron chi connectivity index (χ3n) is 2.47. The lowest BCUT2D eigenvalue weighted by atomic mass is 10.1. The van der Waals surface area contributed by atoms with Crippen molar-refractivity contribution in [1.29, 1.82) is 0 Å². The lowest BCUT2D eigenvalue weighted by Gasteiger charge is -2.13. The maximum absolute atomic E-state index is 12.3. The zero-order valence-electron chi connectivity index (χ0n) is 11.2. The molecule has 5 nitrogen and oxygen atoms in total. The number of hydrogen-bond donors (Lipinski definition) is 1. The first kappa shape index (κ1) is 17.0. The fourth-order valence-electron chi connectivity index (χ4n) is 1.48. The Bertz CT molecular complexity index is 694. The molecule has 0 saturated carbocycles. The number of allylic oxidation sites excluding steroid dienone is 3. The first-order valence-electron chi connectivity index (χ1n) is 5.57. The maximum Gasteiger partial charge on any atom is 0.534 e. The van der Waals surface area contributed by atoms with Gasteiger partial charge < -0.3 is 9.92 Å². The molecule has 0 fully saturated rings. The van der Waals surface area contributed by atoms with E-state index in [1.165, 1.54) is 19.1 Å². The second-order valence-electron chi connectivity index (χ2n) is 4.08. The van der Waals surface area contributed by atoms with Crippen LogP contribution in [0, 0.1) is 6.92 Å². The summed E-state index contributed by atoms with van der Waals surface area (Å²) in [5.74, 6) is -0.806. The highest BCUT2D eigenvalue weighted by Crippen LogP contribution is 2.31. The molecule has 0 aliphatic heterocycles. The van der Waals surface area contributed by atoms with Crippen LogP contribution in [-0.2, 0) is 10.1 Å². The molecule has 0 aliphatic rings. The number of aryl methyl sites for hydroxylation is 1. The SMILES string of the molecule is C=C/C=C(\C)c1cc(N)c(OS(=O)(=O)C(F)(F)F)nc1C. The molecule has 0 saturated heterocycles. The zero-order chi connectivity index (χ0) is 16.4. The van der Waals surface area contributed by atoms with E-state index in [1.54, 1.807) is 13.0 Å². The van der Waals surface area contributed by atoms with Crippen molar-refractivity contribution in [2.45, 2.75) is 19.4 Å². The second-order valence-corrected chi connectivity index (χ2v) is 5.62. The van der Waals surface area contributed by atoms with E-state index in [9.17, 15) is 21.6 Å². The molecule has 1 heterocycles. The number of nitrogens with zero attached hydrogens (tertiary/aromatic N) is 1. The molecule has 21 heavy (non-hydrogen) atoms. The topological polar surface area (TPSA) is 82.3 Å². The highest BCUT2D eigenvalue weighted by atomic mass is 32.2. The van der Waals surface area contributed by atoms with Gasteiger partial charge in [0.15, 0.2) is 0 Å². The summed E-state index contributed by atoms with van der Waals surface area (Å²) in [6.07, 6.45) is 3.17. The van der Waals surface area contributed by atoms with Crippen molar-refractivity contribution in [3.63, 3.8) is 0 Å². The van der Waals surface area contributed by atoms with E-state index in [1.807, 2.05) is 0 Å². The Morgan fingerprint density at radius 3 is 2.52 bits per heavy atom. The molecule has 0 aromatic carbocycles. The monoisotopic (exact) mass is 322 g/mol. The Kier molecular flexibility index (Phi) is 4.67. The van der Waals surface area contributed by atoms with Gasteiger partial charge in [0.1, 0.15) is 0 Å². The van der Waals surface area contributed by atoms with Gasteiger partial charge in [-0.05, 0) is 25.5 Å². The molecule has 0 amide bonds. The van der Waals surface area contributed by atoms with Crippen molar-refractivity contribution < 1.29 is 25.8 Å². The summed E-state index contributed by atoms with van der Waals surface area (Å²) >= 11 is 0. The molecule has 0 spiro atoms. The van der Waals surface area contributed by atoms with Crippen LogP contribution in [0.15, 0.2) is 24.8 Å². The number of nitrogens with two attached hydrogens (primary N) is 1. The van der Waals surface area contributed by atoms with Gasteiger partial charge in [-0.25, -0.2) is 4.98 Å². The number of hydrogen-bond acceptors (Lipinski definition) is 5. The highest BCUT2D eigenvalue weighted by Gasteiger charge is 2.49. The third kappa shape index (κ3) is 3.75. The molecular weight excluding hydrogens is 309 g/mol. The van der Waals surface area contributed by atoms with Crippen molar-refractivity contribution in [2.24, 2.45) is 0 Å². The number of pyridine rings is 1. The smallest absolute Gasteiger partial charge is 0.394 e. The summed E-state index contributed by atoms with van der Waals surface area (Å²) in [5, 5.41) is 0.